The van der Waals surface area contributed by atoms with Crippen molar-refractivity contribution in [1.82, 2.24) is 15.1 Å². The fraction of sp³-hybridized carbons (Fsp3) is 0.357. The van der Waals surface area contributed by atoms with Gasteiger partial charge in [0.2, 0.25) is 0 Å². The fourth-order valence-corrected chi connectivity index (χ4v) is 2.53. The zero-order chi connectivity index (χ0) is 13.9. The van der Waals surface area contributed by atoms with E-state index in [1.54, 1.807) is 11.1 Å². The number of piperidine rings is 1. The first-order valence-corrected chi connectivity index (χ1v) is 6.65. The summed E-state index contributed by atoms with van der Waals surface area (Å²) in [6, 6.07) is 7.73. The number of carbonyl (C=O) groups is 1. The van der Waals surface area contributed by atoms with Crippen LogP contribution in [-0.2, 0) is 0 Å². The van der Waals surface area contributed by atoms with Gasteiger partial charge in [0.05, 0.1) is 29.4 Å². The van der Waals surface area contributed by atoms with Gasteiger partial charge in [-0.15, -0.1) is 0 Å². The van der Waals surface area contributed by atoms with Crippen molar-refractivity contribution >= 4 is 22.6 Å². The second-order valence-corrected chi connectivity index (χ2v) is 4.98. The second-order valence-electron chi connectivity index (χ2n) is 4.98. The lowest BCUT2D eigenvalue weighted by molar-refractivity contribution is 0.189. The summed E-state index contributed by atoms with van der Waals surface area (Å²) in [6.45, 7) is 1.20. The maximum atomic E-state index is 12.3. The highest BCUT2D eigenvalue weighted by Crippen LogP contribution is 2.22. The smallest absolute Gasteiger partial charge is 0.321 e. The Morgan fingerprint density at radius 3 is 3.30 bits per heavy atom. The number of fused-ring (bicyclic) bond motifs is 1. The molecule has 2 amide bonds. The number of benzene rings is 1. The number of aromatic nitrogens is 2. The first-order valence-electron chi connectivity index (χ1n) is 6.65. The molecule has 2 aromatic rings. The zero-order valence-corrected chi connectivity index (χ0v) is 11.0. The molecule has 0 unspecified atom stereocenters. The minimum Gasteiger partial charge on any atom is -0.323 e. The largest absolute Gasteiger partial charge is 0.323 e. The van der Waals surface area contributed by atoms with E-state index in [1.807, 2.05) is 18.2 Å². The minimum atomic E-state index is -0.160. The van der Waals surface area contributed by atoms with Gasteiger partial charge in [0, 0.05) is 18.5 Å². The third-order valence-corrected chi connectivity index (χ3v) is 3.61. The van der Waals surface area contributed by atoms with Crippen molar-refractivity contribution in [2.24, 2.45) is 5.92 Å². The molecule has 0 radical (unpaired) electrons. The molecule has 0 spiro atoms. The predicted octanol–water partition coefficient (Wildman–Crippen LogP) is 2.33. The Bertz CT molecular complexity index is 671. The topological polar surface area (TPSA) is 84.8 Å². The van der Waals surface area contributed by atoms with Crippen LogP contribution in [0.3, 0.4) is 0 Å². The van der Waals surface area contributed by atoms with E-state index in [1.165, 1.54) is 0 Å². The van der Waals surface area contributed by atoms with Gasteiger partial charge in [-0.05, 0) is 18.9 Å². The molecular formula is C14H15N5O. The number of urea groups is 1. The van der Waals surface area contributed by atoms with E-state index in [9.17, 15) is 4.79 Å². The van der Waals surface area contributed by atoms with E-state index in [2.05, 4.69) is 21.6 Å². The summed E-state index contributed by atoms with van der Waals surface area (Å²) in [5.41, 5.74) is 1.53. The average molecular weight is 269 g/mol. The average Bonchev–Trinajstić information content (AvgIpc) is 2.97. The summed E-state index contributed by atoms with van der Waals surface area (Å²) in [6.07, 6.45) is 3.47. The maximum absolute atomic E-state index is 12.3. The first kappa shape index (κ1) is 12.5. The molecule has 0 bridgehead atoms. The van der Waals surface area contributed by atoms with Crippen molar-refractivity contribution in [3.8, 4) is 6.07 Å². The number of likely N-dealkylation sites (tertiary alicyclic amines) is 1. The highest BCUT2D eigenvalue weighted by molar-refractivity contribution is 5.99. The van der Waals surface area contributed by atoms with E-state index < -0.39 is 0 Å². The van der Waals surface area contributed by atoms with E-state index in [-0.39, 0.29) is 11.9 Å². The van der Waals surface area contributed by atoms with E-state index in [0.29, 0.717) is 18.8 Å². The molecule has 2 N–H and O–H groups in total. The molecule has 102 valence electrons. The molecule has 1 aromatic heterocycles. The maximum Gasteiger partial charge on any atom is 0.321 e. The molecule has 1 aliphatic rings. The summed E-state index contributed by atoms with van der Waals surface area (Å²) in [4.78, 5) is 14.0. The number of anilines is 1. The summed E-state index contributed by atoms with van der Waals surface area (Å²) < 4.78 is 0. The van der Waals surface area contributed by atoms with Gasteiger partial charge in [-0.2, -0.15) is 10.4 Å². The van der Waals surface area contributed by atoms with Crippen molar-refractivity contribution < 1.29 is 4.79 Å². The number of aromatic amines is 1. The van der Waals surface area contributed by atoms with Gasteiger partial charge in [0.1, 0.15) is 0 Å². The predicted molar refractivity (Wildman–Crippen MR) is 75.0 cm³/mol. The van der Waals surface area contributed by atoms with Crippen LogP contribution in [0.25, 0.3) is 10.9 Å². The number of H-pyrrole nitrogens is 1. The first-order chi connectivity index (χ1) is 9.78. The molecule has 0 aliphatic carbocycles. The molecule has 6 heteroatoms. The number of para-hydroxylation sites is 1. The van der Waals surface area contributed by atoms with Crippen molar-refractivity contribution in [3.63, 3.8) is 0 Å². The normalized spacial score (nSPS) is 18.8. The van der Waals surface area contributed by atoms with Gasteiger partial charge in [-0.25, -0.2) is 4.79 Å². The third-order valence-electron chi connectivity index (χ3n) is 3.61. The summed E-state index contributed by atoms with van der Waals surface area (Å²) >= 11 is 0. The number of rotatable bonds is 1. The molecule has 1 aromatic carbocycles. The molecule has 2 heterocycles. The summed E-state index contributed by atoms with van der Waals surface area (Å²) in [5, 5.41) is 19.7. The van der Waals surface area contributed by atoms with E-state index in [0.717, 1.165) is 23.7 Å². The molecule has 6 nitrogen and oxygen atoms in total. The SMILES string of the molecule is N#C[C@H]1CCCN(C(=O)Nc2cccc3cn[nH]c23)C1. The Labute approximate surface area is 116 Å². The van der Waals surface area contributed by atoms with E-state index in [4.69, 9.17) is 5.26 Å². The molecule has 1 saturated heterocycles. The number of nitriles is 1. The number of carbonyl (C=O) groups excluding carboxylic acids is 1. The quantitative estimate of drug-likeness (QED) is 0.833. The zero-order valence-electron chi connectivity index (χ0n) is 11.0. The van der Waals surface area contributed by atoms with E-state index >= 15 is 0 Å². The fourth-order valence-electron chi connectivity index (χ4n) is 2.53. The van der Waals surface area contributed by atoms with Crippen LogP contribution in [0.5, 0.6) is 0 Å². The molecular weight excluding hydrogens is 254 g/mol. The number of nitrogens with zero attached hydrogens (tertiary/aromatic N) is 3. The molecule has 0 saturated carbocycles. The second kappa shape index (κ2) is 5.21. The molecule has 3 rings (SSSR count). The van der Waals surface area contributed by atoms with Crippen LogP contribution in [-0.4, -0.2) is 34.2 Å². The Balaban J connectivity index is 1.76. The summed E-state index contributed by atoms with van der Waals surface area (Å²) in [7, 11) is 0. The Morgan fingerprint density at radius 1 is 1.55 bits per heavy atom. The van der Waals surface area contributed by atoms with Crippen LogP contribution in [0.15, 0.2) is 24.4 Å². The highest BCUT2D eigenvalue weighted by atomic mass is 16.2. The molecule has 1 aliphatic heterocycles. The van der Waals surface area contributed by atoms with Gasteiger partial charge in [-0.1, -0.05) is 12.1 Å². The standard InChI is InChI=1S/C14H15N5O/c15-7-10-3-2-6-19(9-10)14(20)17-12-5-1-4-11-8-16-18-13(11)12/h1,4-5,8,10H,2-3,6,9H2,(H,16,18)(H,17,20)/t10-/m1/s1. The van der Waals surface area contributed by atoms with Gasteiger partial charge in [0.25, 0.3) is 0 Å². The van der Waals surface area contributed by atoms with Crippen LogP contribution in [0, 0.1) is 17.2 Å². The molecule has 1 atom stereocenters. The van der Waals surface area contributed by atoms with Crippen molar-refractivity contribution in [2.75, 3.05) is 18.4 Å². The number of hydrogen-bond acceptors (Lipinski definition) is 3. The lowest BCUT2D eigenvalue weighted by Crippen LogP contribution is -2.42. The highest BCUT2D eigenvalue weighted by Gasteiger charge is 2.23. The Hall–Kier alpha value is -2.55. The van der Waals surface area contributed by atoms with Crippen LogP contribution in [0.4, 0.5) is 10.5 Å². The van der Waals surface area contributed by atoms with Crippen LogP contribution >= 0.6 is 0 Å². The lowest BCUT2D eigenvalue weighted by atomic mass is 10.0. The van der Waals surface area contributed by atoms with Crippen LogP contribution in [0.1, 0.15) is 12.8 Å². The Kier molecular flexibility index (Phi) is 3.25. The monoisotopic (exact) mass is 269 g/mol. The van der Waals surface area contributed by atoms with Gasteiger partial charge in [0.15, 0.2) is 0 Å². The lowest BCUT2D eigenvalue weighted by Gasteiger charge is -2.29. The third kappa shape index (κ3) is 2.30. The van der Waals surface area contributed by atoms with Crippen molar-refractivity contribution in [1.29, 1.82) is 5.26 Å². The number of amides is 2. The minimum absolute atomic E-state index is 0.0579. The van der Waals surface area contributed by atoms with Crippen LogP contribution in [0.2, 0.25) is 0 Å². The Morgan fingerprint density at radius 2 is 2.45 bits per heavy atom. The van der Waals surface area contributed by atoms with Gasteiger partial charge < -0.3 is 10.2 Å². The van der Waals surface area contributed by atoms with Crippen molar-refractivity contribution in [2.45, 2.75) is 12.8 Å². The number of hydrogen-bond donors (Lipinski definition) is 2. The molecule has 20 heavy (non-hydrogen) atoms. The number of nitrogens with one attached hydrogen (secondary N) is 2. The van der Waals surface area contributed by atoms with Crippen LogP contribution < -0.4 is 5.32 Å². The summed E-state index contributed by atoms with van der Waals surface area (Å²) in [5.74, 6) is -0.0579. The van der Waals surface area contributed by atoms with Gasteiger partial charge >= 0.3 is 6.03 Å². The molecule has 1 fully saturated rings. The van der Waals surface area contributed by atoms with Gasteiger partial charge in [-0.3, -0.25) is 5.10 Å². The van der Waals surface area contributed by atoms with Crippen molar-refractivity contribution in [3.05, 3.63) is 24.4 Å².